The molecule has 2 heterocycles. The molecule has 0 aromatic heterocycles. The second kappa shape index (κ2) is 26.2. The summed E-state index contributed by atoms with van der Waals surface area (Å²) in [5.41, 5.74) is 4.13. The van der Waals surface area contributed by atoms with Crippen molar-refractivity contribution >= 4 is 34.9 Å². The van der Waals surface area contributed by atoms with Crippen molar-refractivity contribution in [3.63, 3.8) is 0 Å². The number of ketones is 2. The van der Waals surface area contributed by atoms with Crippen LogP contribution in [0.1, 0.15) is 79.2 Å². The maximum absolute atomic E-state index is 14.1. The van der Waals surface area contributed by atoms with Gasteiger partial charge in [0.1, 0.15) is 32.2 Å². The van der Waals surface area contributed by atoms with Gasteiger partial charge in [0.05, 0.1) is 61.8 Å². The molecule has 4 unspecified atom stereocenters. The number of aliphatic hydroxyl groups excluding tert-OH is 2. The van der Waals surface area contributed by atoms with Gasteiger partial charge in [-0.1, -0.05) is 38.1 Å². The highest BCUT2D eigenvalue weighted by atomic mass is 16.7. The van der Waals surface area contributed by atoms with Crippen LogP contribution < -0.4 is 9.80 Å². The van der Waals surface area contributed by atoms with Gasteiger partial charge >= 0.3 is 11.9 Å². The summed E-state index contributed by atoms with van der Waals surface area (Å²) in [5, 5.41) is 20.8. The molecule has 0 radical (unpaired) electrons. The zero-order valence-corrected chi connectivity index (χ0v) is 42.2. The Hall–Kier alpha value is -5.56. The predicted molar refractivity (Wildman–Crippen MR) is 271 cm³/mol. The lowest BCUT2D eigenvalue weighted by molar-refractivity contribution is -0.108. The van der Waals surface area contributed by atoms with Gasteiger partial charge in [-0.2, -0.15) is 0 Å². The molecule has 2 saturated heterocycles. The van der Waals surface area contributed by atoms with Crippen LogP contribution in [0.15, 0.2) is 97.1 Å². The number of nitrogens with zero attached hydrogens (tertiary/aromatic N) is 4. The highest BCUT2D eigenvalue weighted by Gasteiger charge is 2.41. The first-order valence-corrected chi connectivity index (χ1v) is 24.5. The van der Waals surface area contributed by atoms with Gasteiger partial charge in [0, 0.05) is 48.7 Å². The summed E-state index contributed by atoms with van der Waals surface area (Å²) in [6, 6.07) is 29.4. The molecule has 16 nitrogen and oxygen atoms in total. The molecule has 4 aromatic rings. The standard InChI is InChI=1S/C55H72N4O12/c1-7-54(56(3)4,50(62)42-17-21-46(22-18-42)58-25-29-66-30-26-58)33-40-9-13-44(14-10-40)52(64)70-37-48(60)35-68-39-69-36-49(61)38-71-53(65)45-15-11-41(12-16-45)34-55(8-2,57(5)6)51(63)43-19-23-47(24-20-43)59-27-31-67-32-28-59/h9-24,48-49,60-61H,7-8,25-39H2,1-6H3. The Morgan fingerprint density at radius 3 is 1.15 bits per heavy atom. The minimum absolute atomic E-state index is 0.0220. The summed E-state index contributed by atoms with van der Waals surface area (Å²) in [4.78, 5) is 62.3. The van der Waals surface area contributed by atoms with E-state index in [1.54, 1.807) is 24.3 Å². The van der Waals surface area contributed by atoms with Gasteiger partial charge in [0.2, 0.25) is 0 Å². The van der Waals surface area contributed by atoms with Crippen LogP contribution in [0.4, 0.5) is 11.4 Å². The molecule has 2 aliphatic heterocycles. The number of esters is 2. The maximum Gasteiger partial charge on any atom is 0.338 e. The van der Waals surface area contributed by atoms with Crippen molar-refractivity contribution in [3.8, 4) is 0 Å². The fraction of sp³-hybridized carbons (Fsp3) is 0.491. The Morgan fingerprint density at radius 1 is 0.521 bits per heavy atom. The Kier molecular flexibility index (Phi) is 20.2. The third-order valence-corrected chi connectivity index (χ3v) is 13.7. The third-order valence-electron chi connectivity index (χ3n) is 13.7. The zero-order valence-electron chi connectivity index (χ0n) is 42.2. The third kappa shape index (κ3) is 14.3. The molecule has 0 aliphatic carbocycles. The molecule has 0 bridgehead atoms. The summed E-state index contributed by atoms with van der Waals surface area (Å²) >= 11 is 0. The summed E-state index contributed by atoms with van der Waals surface area (Å²) in [5.74, 6) is -1.20. The van der Waals surface area contributed by atoms with Crippen molar-refractivity contribution in [2.75, 3.05) is 124 Å². The van der Waals surface area contributed by atoms with Crippen LogP contribution in [0.5, 0.6) is 0 Å². The van der Waals surface area contributed by atoms with Gasteiger partial charge in [-0.3, -0.25) is 19.4 Å². The van der Waals surface area contributed by atoms with Crippen LogP contribution in [0, 0.1) is 0 Å². The Morgan fingerprint density at radius 2 is 0.845 bits per heavy atom. The topological polar surface area (TPSA) is 177 Å². The van der Waals surface area contributed by atoms with Crippen molar-refractivity contribution in [1.82, 2.24) is 9.80 Å². The van der Waals surface area contributed by atoms with E-state index in [0.717, 1.165) is 48.7 Å². The van der Waals surface area contributed by atoms with E-state index in [1.807, 2.05) is 125 Å². The van der Waals surface area contributed by atoms with E-state index in [2.05, 4.69) is 9.80 Å². The normalized spacial score (nSPS) is 16.8. The van der Waals surface area contributed by atoms with Crippen LogP contribution in [0.2, 0.25) is 0 Å². The van der Waals surface area contributed by atoms with Crippen molar-refractivity contribution in [1.29, 1.82) is 0 Å². The van der Waals surface area contributed by atoms with E-state index >= 15 is 0 Å². The first kappa shape index (κ1) is 54.8. The number of Topliss-reactive ketones (excluding diaryl/α,β-unsaturated/α-hetero) is 2. The number of likely N-dealkylation sites (N-methyl/N-ethyl adjacent to an activating group) is 2. The highest BCUT2D eigenvalue weighted by molar-refractivity contribution is 6.04. The summed E-state index contributed by atoms with van der Waals surface area (Å²) in [7, 11) is 7.63. The highest BCUT2D eigenvalue weighted by Crippen LogP contribution is 2.31. The number of ether oxygens (including phenoxy) is 6. The average molecular weight is 981 g/mol. The largest absolute Gasteiger partial charge is 0.459 e. The van der Waals surface area contributed by atoms with Crippen molar-refractivity contribution in [3.05, 3.63) is 130 Å². The maximum atomic E-state index is 14.1. The fourth-order valence-corrected chi connectivity index (χ4v) is 9.14. The van der Waals surface area contributed by atoms with Gasteiger partial charge in [-0.25, -0.2) is 9.59 Å². The van der Waals surface area contributed by atoms with E-state index in [0.29, 0.717) is 74.4 Å². The van der Waals surface area contributed by atoms with E-state index < -0.39 is 35.2 Å². The number of carbonyl (C=O) groups is 4. The number of morpholine rings is 2. The van der Waals surface area contributed by atoms with Gasteiger partial charge in [0.15, 0.2) is 11.6 Å². The first-order valence-electron chi connectivity index (χ1n) is 24.5. The SMILES string of the molecule is CCC(Cc1ccc(C(=O)OCC(O)COCOCC(O)COC(=O)c2ccc(CC(CC)(C(=O)c3ccc(N4CCOCC4)cc3)N(C)C)cc2)cc1)(C(=O)c1ccc(N2CCOCC2)cc1)N(C)C. The molecule has 384 valence electrons. The van der Waals surface area contributed by atoms with Crippen LogP contribution >= 0.6 is 0 Å². The molecule has 0 spiro atoms. The Balaban J connectivity index is 0.877. The van der Waals surface area contributed by atoms with Crippen LogP contribution in [-0.4, -0.2) is 181 Å². The van der Waals surface area contributed by atoms with Gasteiger partial charge in [-0.15, -0.1) is 0 Å². The molecular weight excluding hydrogens is 909 g/mol. The van der Waals surface area contributed by atoms with Gasteiger partial charge in [0.25, 0.3) is 0 Å². The molecule has 0 saturated carbocycles. The number of carbonyl (C=O) groups excluding carboxylic acids is 4. The van der Waals surface area contributed by atoms with E-state index in [4.69, 9.17) is 28.4 Å². The van der Waals surface area contributed by atoms with Gasteiger partial charge in [-0.05, 0) is 138 Å². The Bertz CT molecular complexity index is 2150. The molecule has 2 N–H and O–H groups in total. The molecule has 2 fully saturated rings. The lowest BCUT2D eigenvalue weighted by Gasteiger charge is -2.38. The minimum atomic E-state index is -1.14. The van der Waals surface area contributed by atoms with Crippen molar-refractivity contribution in [2.45, 2.75) is 62.8 Å². The fourth-order valence-electron chi connectivity index (χ4n) is 9.14. The van der Waals surface area contributed by atoms with E-state index in [9.17, 15) is 29.4 Å². The monoisotopic (exact) mass is 981 g/mol. The second-order valence-corrected chi connectivity index (χ2v) is 18.6. The number of rotatable bonds is 26. The number of benzene rings is 4. The number of anilines is 2. The lowest BCUT2D eigenvalue weighted by atomic mass is 9.80. The number of aliphatic hydroxyl groups is 2. The minimum Gasteiger partial charge on any atom is -0.459 e. The van der Waals surface area contributed by atoms with Crippen LogP contribution in [0.3, 0.4) is 0 Å². The van der Waals surface area contributed by atoms with Crippen molar-refractivity contribution in [2.24, 2.45) is 0 Å². The summed E-state index contributed by atoms with van der Waals surface area (Å²) in [6.45, 7) is 8.66. The summed E-state index contributed by atoms with van der Waals surface area (Å²) < 4.78 is 32.3. The molecular formula is C55H72N4O12. The first-order chi connectivity index (χ1) is 34.2. The average Bonchev–Trinajstić information content (AvgIpc) is 3.40. The molecule has 0 amide bonds. The molecule has 71 heavy (non-hydrogen) atoms. The number of hydrogen-bond donors (Lipinski definition) is 2. The smallest absolute Gasteiger partial charge is 0.338 e. The van der Waals surface area contributed by atoms with Crippen LogP contribution in [0.25, 0.3) is 0 Å². The van der Waals surface area contributed by atoms with E-state index in [-0.39, 0.29) is 44.8 Å². The molecule has 6 rings (SSSR count). The molecule has 16 heteroatoms. The number of hydrogen-bond acceptors (Lipinski definition) is 16. The lowest BCUT2D eigenvalue weighted by Crippen LogP contribution is -2.52. The molecule has 4 atom stereocenters. The Labute approximate surface area is 418 Å². The van der Waals surface area contributed by atoms with Crippen LogP contribution in [-0.2, 0) is 41.3 Å². The van der Waals surface area contributed by atoms with Crippen molar-refractivity contribution < 1.29 is 57.8 Å². The second-order valence-electron chi connectivity index (χ2n) is 18.6. The quantitative estimate of drug-likeness (QED) is 0.0356. The van der Waals surface area contributed by atoms with Gasteiger partial charge < -0.3 is 48.4 Å². The predicted octanol–water partition coefficient (Wildman–Crippen LogP) is 5.36. The molecule has 2 aliphatic rings. The summed E-state index contributed by atoms with van der Waals surface area (Å²) in [6.07, 6.45) is -0.270. The van der Waals surface area contributed by atoms with E-state index in [1.165, 1.54) is 0 Å². The zero-order chi connectivity index (χ0) is 51.0. The molecule has 4 aromatic carbocycles.